The third-order valence-electron chi connectivity index (χ3n) is 2.59. The predicted molar refractivity (Wildman–Crippen MR) is 66.4 cm³/mol. The second kappa shape index (κ2) is 5.21. The number of aromatic nitrogens is 2. The van der Waals surface area contributed by atoms with Crippen LogP contribution in [0, 0.1) is 5.92 Å². The summed E-state index contributed by atoms with van der Waals surface area (Å²) in [5.41, 5.74) is 7.65. The van der Waals surface area contributed by atoms with Gasteiger partial charge in [-0.15, -0.1) is 0 Å². The highest BCUT2D eigenvalue weighted by Gasteiger charge is 2.15. The monoisotopic (exact) mass is 226 g/mol. The molecule has 16 heavy (non-hydrogen) atoms. The van der Waals surface area contributed by atoms with Gasteiger partial charge in [-0.3, -0.25) is 4.68 Å². The molecule has 5 nitrogen and oxygen atoms in total. The fourth-order valence-corrected chi connectivity index (χ4v) is 1.53. The van der Waals surface area contributed by atoms with Crippen LogP contribution in [-0.2, 0) is 7.05 Å². The van der Waals surface area contributed by atoms with Gasteiger partial charge in [-0.1, -0.05) is 20.8 Å². The van der Waals surface area contributed by atoms with Crippen LogP contribution in [-0.4, -0.2) is 28.0 Å². The largest absolute Gasteiger partial charge is 0.396 e. The van der Waals surface area contributed by atoms with Gasteiger partial charge in [0.2, 0.25) is 0 Å². The Bertz CT molecular complexity index is 346. The minimum Gasteiger partial charge on any atom is -0.396 e. The van der Waals surface area contributed by atoms with Crippen LogP contribution in [0.3, 0.4) is 0 Å². The van der Waals surface area contributed by atoms with Crippen molar-refractivity contribution in [3.05, 3.63) is 5.69 Å². The van der Waals surface area contributed by atoms with Crippen LogP contribution in [0.4, 0.5) is 11.5 Å². The molecule has 1 unspecified atom stereocenters. The summed E-state index contributed by atoms with van der Waals surface area (Å²) < 4.78 is 1.76. The topological polar surface area (TPSA) is 76.1 Å². The number of nitrogen functional groups attached to an aromatic ring is 1. The zero-order chi connectivity index (χ0) is 12.3. The summed E-state index contributed by atoms with van der Waals surface area (Å²) in [6.07, 6.45) is 0. The van der Waals surface area contributed by atoms with E-state index in [4.69, 9.17) is 10.8 Å². The van der Waals surface area contributed by atoms with Gasteiger partial charge in [0, 0.05) is 20.2 Å². The van der Waals surface area contributed by atoms with E-state index in [1.807, 2.05) is 14.0 Å². The van der Waals surface area contributed by atoms with E-state index >= 15 is 0 Å². The van der Waals surface area contributed by atoms with E-state index < -0.39 is 0 Å². The van der Waals surface area contributed by atoms with Gasteiger partial charge in [-0.2, -0.15) is 5.10 Å². The van der Waals surface area contributed by atoms with Crippen LogP contribution in [0.15, 0.2) is 0 Å². The maximum Gasteiger partial charge on any atom is 0.147 e. The van der Waals surface area contributed by atoms with Crippen LogP contribution < -0.4 is 11.1 Å². The van der Waals surface area contributed by atoms with Gasteiger partial charge >= 0.3 is 0 Å². The highest BCUT2D eigenvalue weighted by atomic mass is 16.3. The minimum absolute atomic E-state index is 0.168. The van der Waals surface area contributed by atoms with Crippen LogP contribution in [0.25, 0.3) is 0 Å². The first-order chi connectivity index (χ1) is 7.47. The molecule has 0 aliphatic carbocycles. The number of aryl methyl sites for hydroxylation is 1. The zero-order valence-corrected chi connectivity index (χ0v) is 10.5. The highest BCUT2D eigenvalue weighted by Crippen LogP contribution is 2.27. The van der Waals surface area contributed by atoms with Crippen LogP contribution in [0.5, 0.6) is 0 Å². The summed E-state index contributed by atoms with van der Waals surface area (Å²) >= 11 is 0. The summed E-state index contributed by atoms with van der Waals surface area (Å²) in [6, 6.07) is 0. The first-order valence-corrected chi connectivity index (χ1v) is 5.64. The lowest BCUT2D eigenvalue weighted by atomic mass is 10.1. The number of hydrogen-bond donors (Lipinski definition) is 3. The van der Waals surface area contributed by atoms with Crippen molar-refractivity contribution in [2.24, 2.45) is 13.0 Å². The fourth-order valence-electron chi connectivity index (χ4n) is 1.53. The van der Waals surface area contributed by atoms with Crippen molar-refractivity contribution in [2.45, 2.75) is 26.7 Å². The summed E-state index contributed by atoms with van der Waals surface area (Å²) in [4.78, 5) is 0. The molecule has 0 aromatic carbocycles. The Morgan fingerprint density at radius 3 is 2.50 bits per heavy atom. The molecule has 0 amide bonds. The number of hydrogen-bond acceptors (Lipinski definition) is 4. The SMILES string of the molecule is CC(CO)CNc1c(N)c(C(C)C)nn1C. The molecule has 92 valence electrons. The summed E-state index contributed by atoms with van der Waals surface area (Å²) in [7, 11) is 1.87. The van der Waals surface area contributed by atoms with Crippen LogP contribution in [0.2, 0.25) is 0 Å². The first-order valence-electron chi connectivity index (χ1n) is 5.64. The van der Waals surface area contributed by atoms with Gasteiger partial charge in [0.1, 0.15) is 5.82 Å². The Labute approximate surface area is 96.6 Å². The predicted octanol–water partition coefficient (Wildman–Crippen LogP) is 1.17. The second-order valence-electron chi connectivity index (χ2n) is 4.59. The molecule has 0 fully saturated rings. The normalized spacial score (nSPS) is 13.1. The molecular formula is C11H22N4O. The lowest BCUT2D eigenvalue weighted by Crippen LogP contribution is -2.16. The number of aliphatic hydroxyl groups excluding tert-OH is 1. The molecule has 1 aromatic rings. The summed E-state index contributed by atoms with van der Waals surface area (Å²) in [5.74, 6) is 1.36. The molecule has 0 radical (unpaired) electrons. The fraction of sp³-hybridized carbons (Fsp3) is 0.727. The van der Waals surface area contributed by atoms with Crippen molar-refractivity contribution in [1.82, 2.24) is 9.78 Å². The van der Waals surface area contributed by atoms with Crippen LogP contribution >= 0.6 is 0 Å². The Kier molecular flexibility index (Phi) is 4.18. The summed E-state index contributed by atoms with van der Waals surface area (Å²) in [6.45, 7) is 6.97. The molecular weight excluding hydrogens is 204 g/mol. The minimum atomic E-state index is 0.168. The van der Waals surface area contributed by atoms with Crippen molar-refractivity contribution in [1.29, 1.82) is 0 Å². The third-order valence-corrected chi connectivity index (χ3v) is 2.59. The third kappa shape index (κ3) is 2.66. The van der Waals surface area contributed by atoms with E-state index in [0.29, 0.717) is 18.2 Å². The molecule has 0 aliphatic rings. The zero-order valence-electron chi connectivity index (χ0n) is 10.5. The van der Waals surface area contributed by atoms with E-state index in [-0.39, 0.29) is 12.5 Å². The molecule has 1 heterocycles. The average molecular weight is 226 g/mol. The molecule has 4 N–H and O–H groups in total. The average Bonchev–Trinajstić information content (AvgIpc) is 2.51. The smallest absolute Gasteiger partial charge is 0.147 e. The maximum absolute atomic E-state index is 8.95. The van der Waals surface area contributed by atoms with Gasteiger partial charge in [0.15, 0.2) is 0 Å². The van der Waals surface area contributed by atoms with Crippen LogP contribution in [0.1, 0.15) is 32.4 Å². The van der Waals surface area contributed by atoms with Gasteiger partial charge in [-0.25, -0.2) is 0 Å². The highest BCUT2D eigenvalue weighted by molar-refractivity contribution is 5.65. The van der Waals surface area contributed by atoms with Crippen molar-refractivity contribution in [3.63, 3.8) is 0 Å². The lowest BCUT2D eigenvalue weighted by molar-refractivity contribution is 0.244. The van der Waals surface area contributed by atoms with Gasteiger partial charge < -0.3 is 16.2 Å². The standard InChI is InChI=1S/C11H22N4O/c1-7(2)10-9(12)11(15(4)14-10)13-5-8(3)6-16/h7-8,13,16H,5-6,12H2,1-4H3. The van der Waals surface area contributed by atoms with Gasteiger partial charge in [-0.05, 0) is 11.8 Å². The van der Waals surface area contributed by atoms with E-state index in [1.54, 1.807) is 4.68 Å². The van der Waals surface area contributed by atoms with E-state index in [9.17, 15) is 0 Å². The molecule has 0 saturated carbocycles. The maximum atomic E-state index is 8.95. The number of rotatable bonds is 5. The van der Waals surface area contributed by atoms with Crippen molar-refractivity contribution in [3.8, 4) is 0 Å². The molecule has 1 aromatic heterocycles. The molecule has 0 saturated heterocycles. The Morgan fingerprint density at radius 2 is 2.06 bits per heavy atom. The van der Waals surface area contributed by atoms with Crippen molar-refractivity contribution >= 4 is 11.5 Å². The Balaban J connectivity index is 2.80. The van der Waals surface area contributed by atoms with Gasteiger partial charge in [0.25, 0.3) is 0 Å². The summed E-state index contributed by atoms with van der Waals surface area (Å²) in [5, 5.41) is 16.6. The van der Waals surface area contributed by atoms with Crippen molar-refractivity contribution < 1.29 is 5.11 Å². The van der Waals surface area contributed by atoms with Gasteiger partial charge in [0.05, 0.1) is 11.4 Å². The molecule has 1 atom stereocenters. The number of nitrogens with one attached hydrogen (secondary N) is 1. The molecule has 5 heteroatoms. The second-order valence-corrected chi connectivity index (χ2v) is 4.59. The Hall–Kier alpha value is -1.23. The molecule has 0 aliphatic heterocycles. The molecule has 1 rings (SSSR count). The molecule has 0 spiro atoms. The quantitative estimate of drug-likeness (QED) is 0.704. The van der Waals surface area contributed by atoms with E-state index in [2.05, 4.69) is 24.3 Å². The van der Waals surface area contributed by atoms with E-state index in [1.165, 1.54) is 0 Å². The molecule has 0 bridgehead atoms. The number of nitrogens with two attached hydrogens (primary N) is 1. The van der Waals surface area contributed by atoms with E-state index in [0.717, 1.165) is 11.5 Å². The number of nitrogens with zero attached hydrogens (tertiary/aromatic N) is 2. The van der Waals surface area contributed by atoms with Crippen molar-refractivity contribution in [2.75, 3.05) is 24.2 Å². The first kappa shape index (κ1) is 12.8. The number of aliphatic hydroxyl groups is 1. The lowest BCUT2D eigenvalue weighted by Gasteiger charge is -2.11. The number of anilines is 2. The Morgan fingerprint density at radius 1 is 1.44 bits per heavy atom.